The molecule has 0 aliphatic carbocycles. The number of benzene rings is 1. The molecule has 0 amide bonds. The summed E-state index contributed by atoms with van der Waals surface area (Å²) in [5.74, 6) is -0.491. The third-order valence-corrected chi connectivity index (χ3v) is 4.33. The maximum absolute atomic E-state index is 11.9. The van der Waals surface area contributed by atoms with Crippen LogP contribution < -0.4 is 11.1 Å². The minimum absolute atomic E-state index is 0.0896. The fraction of sp³-hybridized carbons (Fsp3) is 0.286. The summed E-state index contributed by atoms with van der Waals surface area (Å²) < 4.78 is 4.77. The van der Waals surface area contributed by atoms with E-state index in [1.807, 2.05) is 19.2 Å². The van der Waals surface area contributed by atoms with Crippen molar-refractivity contribution in [2.75, 3.05) is 18.2 Å². The molecule has 3 N–H and O–H groups in total. The number of rotatable bonds is 4. The predicted octanol–water partition coefficient (Wildman–Crippen LogP) is 3.65. The monoisotopic (exact) mass is 325 g/mol. The molecule has 1 unspecified atom stereocenters. The van der Waals surface area contributed by atoms with Gasteiger partial charge in [0.2, 0.25) is 0 Å². The van der Waals surface area contributed by atoms with E-state index >= 15 is 0 Å². The zero-order valence-electron chi connectivity index (χ0n) is 11.9. The van der Waals surface area contributed by atoms with Gasteiger partial charge < -0.3 is 15.8 Å². The highest BCUT2D eigenvalue weighted by Gasteiger charge is 2.19. The van der Waals surface area contributed by atoms with Crippen LogP contribution in [0.2, 0.25) is 5.02 Å². The van der Waals surface area contributed by atoms with Crippen molar-refractivity contribution in [3.8, 4) is 0 Å². The number of aryl methyl sites for hydroxylation is 1. The van der Waals surface area contributed by atoms with Crippen molar-refractivity contribution in [3.05, 3.63) is 38.8 Å². The van der Waals surface area contributed by atoms with Gasteiger partial charge in [0.15, 0.2) is 0 Å². The Labute approximate surface area is 132 Å². The average molecular weight is 326 g/mol. The van der Waals surface area contributed by atoms with E-state index in [1.54, 1.807) is 23.5 Å². The van der Waals surface area contributed by atoms with Gasteiger partial charge in [-0.15, -0.1) is 11.3 Å². The minimum Gasteiger partial charge on any atom is -0.465 e. The third kappa shape index (κ3) is 3.46. The van der Waals surface area contributed by atoms with Gasteiger partial charge in [0.25, 0.3) is 0 Å². The number of nitrogens with two attached hydrogens (primary N) is 1. The molecule has 1 heterocycles. The summed E-state index contributed by atoms with van der Waals surface area (Å²) in [7, 11) is 1.32. The van der Waals surface area contributed by atoms with Crippen LogP contribution in [0.25, 0.3) is 0 Å². The zero-order valence-corrected chi connectivity index (χ0v) is 13.5. The van der Waals surface area contributed by atoms with Crippen LogP contribution in [0.15, 0.2) is 17.5 Å². The molecule has 2 aromatic rings. The molecular weight excluding hydrogens is 310 g/mol. The van der Waals surface area contributed by atoms with Gasteiger partial charge in [0, 0.05) is 16.8 Å². The fourth-order valence-electron chi connectivity index (χ4n) is 1.89. The lowest BCUT2D eigenvalue weighted by atomic mass is 10.1. The maximum atomic E-state index is 11.9. The quantitative estimate of drug-likeness (QED) is 0.662. The molecule has 1 aromatic carbocycles. The van der Waals surface area contributed by atoms with E-state index < -0.39 is 5.97 Å². The van der Waals surface area contributed by atoms with Crippen molar-refractivity contribution in [2.24, 2.45) is 0 Å². The summed E-state index contributed by atoms with van der Waals surface area (Å²) in [6, 6.07) is 3.05. The summed E-state index contributed by atoms with van der Waals surface area (Å²) in [6.45, 7) is 3.88. The second kappa shape index (κ2) is 6.32. The Morgan fingerprint density at radius 3 is 2.81 bits per heavy atom. The number of thiazole rings is 1. The van der Waals surface area contributed by atoms with Gasteiger partial charge in [-0.25, -0.2) is 9.78 Å². The number of ether oxygens (including phenoxy) is 1. The van der Waals surface area contributed by atoms with E-state index in [1.165, 1.54) is 7.11 Å². The molecule has 0 bridgehead atoms. The van der Waals surface area contributed by atoms with E-state index in [9.17, 15) is 4.79 Å². The lowest BCUT2D eigenvalue weighted by molar-refractivity contribution is 0.0602. The first-order valence-electron chi connectivity index (χ1n) is 6.28. The van der Waals surface area contributed by atoms with Crippen molar-refractivity contribution in [2.45, 2.75) is 19.9 Å². The Hall–Kier alpha value is -1.79. The predicted molar refractivity (Wildman–Crippen MR) is 86.1 cm³/mol. The second-order valence-electron chi connectivity index (χ2n) is 4.61. The molecule has 0 radical (unpaired) electrons. The lowest BCUT2D eigenvalue weighted by Crippen LogP contribution is -2.13. The molecule has 7 heteroatoms. The molecule has 1 atom stereocenters. The van der Waals surface area contributed by atoms with E-state index in [2.05, 4.69) is 10.3 Å². The van der Waals surface area contributed by atoms with Gasteiger partial charge in [0.1, 0.15) is 5.01 Å². The Kier molecular flexibility index (Phi) is 4.69. The fourth-order valence-corrected chi connectivity index (χ4v) is 2.98. The SMILES string of the molecule is COC(=O)c1cc(N)cc(Cl)c1NC(C)c1nc(C)cs1. The van der Waals surface area contributed by atoms with Gasteiger partial charge in [-0.1, -0.05) is 11.6 Å². The number of carbonyl (C=O) groups excluding carboxylic acids is 1. The summed E-state index contributed by atoms with van der Waals surface area (Å²) in [4.78, 5) is 16.3. The van der Waals surface area contributed by atoms with Gasteiger partial charge in [-0.3, -0.25) is 0 Å². The standard InChI is InChI=1S/C14H16ClN3O2S/c1-7-6-21-13(17-7)8(2)18-12-10(14(19)20-3)4-9(16)5-11(12)15/h4-6,8,18H,16H2,1-3H3. The van der Waals surface area contributed by atoms with Crippen LogP contribution in [0.5, 0.6) is 0 Å². The summed E-state index contributed by atoms with van der Waals surface area (Å²) in [5, 5.41) is 6.47. The molecule has 0 saturated heterocycles. The van der Waals surface area contributed by atoms with Crippen LogP contribution in [0.3, 0.4) is 0 Å². The Morgan fingerprint density at radius 1 is 1.52 bits per heavy atom. The Balaban J connectivity index is 2.36. The van der Waals surface area contributed by atoms with Crippen LogP contribution in [-0.2, 0) is 4.74 Å². The van der Waals surface area contributed by atoms with Gasteiger partial charge >= 0.3 is 5.97 Å². The van der Waals surface area contributed by atoms with Crippen molar-refractivity contribution < 1.29 is 9.53 Å². The number of hydrogen-bond acceptors (Lipinski definition) is 6. The number of nitrogen functional groups attached to an aromatic ring is 1. The molecule has 0 spiro atoms. The lowest BCUT2D eigenvalue weighted by Gasteiger charge is -2.17. The largest absolute Gasteiger partial charge is 0.465 e. The number of methoxy groups -OCH3 is 1. The molecule has 2 rings (SSSR count). The van der Waals surface area contributed by atoms with E-state index in [-0.39, 0.29) is 6.04 Å². The number of halogens is 1. The third-order valence-electron chi connectivity index (χ3n) is 2.89. The van der Waals surface area contributed by atoms with Crippen molar-refractivity contribution in [3.63, 3.8) is 0 Å². The molecule has 0 saturated carbocycles. The van der Waals surface area contributed by atoms with Gasteiger partial charge in [0.05, 0.1) is 29.4 Å². The number of anilines is 2. The normalized spacial score (nSPS) is 12.0. The first-order valence-corrected chi connectivity index (χ1v) is 7.54. The maximum Gasteiger partial charge on any atom is 0.340 e. The number of aromatic nitrogens is 1. The van der Waals surface area contributed by atoms with Crippen molar-refractivity contribution >= 4 is 40.3 Å². The first-order chi connectivity index (χ1) is 9.92. The second-order valence-corrected chi connectivity index (χ2v) is 5.91. The Bertz CT molecular complexity index is 672. The molecule has 0 aliphatic heterocycles. The van der Waals surface area contributed by atoms with Crippen LogP contribution in [0.1, 0.15) is 34.0 Å². The zero-order chi connectivity index (χ0) is 15.6. The highest BCUT2D eigenvalue weighted by Crippen LogP contribution is 2.33. The number of carbonyl (C=O) groups is 1. The first kappa shape index (κ1) is 15.6. The number of nitrogens with one attached hydrogen (secondary N) is 1. The molecule has 5 nitrogen and oxygen atoms in total. The van der Waals surface area contributed by atoms with E-state index in [4.69, 9.17) is 22.1 Å². The van der Waals surface area contributed by atoms with Crippen molar-refractivity contribution in [1.29, 1.82) is 0 Å². The molecule has 0 aliphatic rings. The highest BCUT2D eigenvalue weighted by atomic mass is 35.5. The number of esters is 1. The molecular formula is C14H16ClN3O2S. The van der Waals surface area contributed by atoms with Crippen LogP contribution >= 0.6 is 22.9 Å². The smallest absolute Gasteiger partial charge is 0.340 e. The molecule has 21 heavy (non-hydrogen) atoms. The molecule has 0 fully saturated rings. The van der Waals surface area contributed by atoms with E-state index in [0.29, 0.717) is 22.0 Å². The van der Waals surface area contributed by atoms with Crippen LogP contribution in [0.4, 0.5) is 11.4 Å². The summed E-state index contributed by atoms with van der Waals surface area (Å²) in [5.41, 5.74) is 7.91. The number of nitrogens with zero attached hydrogens (tertiary/aromatic N) is 1. The minimum atomic E-state index is -0.491. The summed E-state index contributed by atoms with van der Waals surface area (Å²) in [6.07, 6.45) is 0. The van der Waals surface area contributed by atoms with Gasteiger partial charge in [-0.2, -0.15) is 0 Å². The topological polar surface area (TPSA) is 77.2 Å². The van der Waals surface area contributed by atoms with Crippen molar-refractivity contribution in [1.82, 2.24) is 4.98 Å². The summed E-state index contributed by atoms with van der Waals surface area (Å²) >= 11 is 7.75. The number of hydrogen-bond donors (Lipinski definition) is 2. The Morgan fingerprint density at radius 2 is 2.24 bits per heavy atom. The molecule has 112 valence electrons. The molecule has 1 aromatic heterocycles. The highest BCUT2D eigenvalue weighted by molar-refractivity contribution is 7.09. The van der Waals surface area contributed by atoms with Crippen LogP contribution in [0, 0.1) is 6.92 Å². The van der Waals surface area contributed by atoms with Crippen LogP contribution in [-0.4, -0.2) is 18.1 Å². The van der Waals surface area contributed by atoms with E-state index in [0.717, 1.165) is 10.7 Å². The average Bonchev–Trinajstić information content (AvgIpc) is 2.87. The van der Waals surface area contributed by atoms with Gasteiger partial charge in [-0.05, 0) is 26.0 Å².